The molecule has 0 saturated carbocycles. The van der Waals surface area contributed by atoms with Gasteiger partial charge in [0.1, 0.15) is 5.60 Å². The Hall–Kier alpha value is -1.42. The average Bonchev–Trinajstić information content (AvgIpc) is 2.16. The predicted molar refractivity (Wildman–Crippen MR) is 56.7 cm³/mol. The van der Waals surface area contributed by atoms with Gasteiger partial charge in [-0.15, -0.1) is 0 Å². The van der Waals surface area contributed by atoms with Crippen LogP contribution in [0.15, 0.2) is 23.1 Å². The summed E-state index contributed by atoms with van der Waals surface area (Å²) in [4.78, 5) is 21.9. The molecule has 4 heteroatoms. The van der Waals surface area contributed by atoms with Gasteiger partial charge in [-0.3, -0.25) is 4.79 Å². The lowest BCUT2D eigenvalue weighted by molar-refractivity contribution is -0.123. The summed E-state index contributed by atoms with van der Waals surface area (Å²) in [6, 6.07) is 3.34. The van der Waals surface area contributed by atoms with Gasteiger partial charge in [0, 0.05) is 25.2 Å². The Morgan fingerprint density at radius 2 is 2.27 bits per heavy atom. The van der Waals surface area contributed by atoms with E-state index in [4.69, 9.17) is 0 Å². The lowest BCUT2D eigenvalue weighted by Crippen LogP contribution is -2.30. The lowest BCUT2D eigenvalue weighted by atomic mass is 10.1. The van der Waals surface area contributed by atoms with E-state index in [1.807, 2.05) is 13.0 Å². The summed E-state index contributed by atoms with van der Waals surface area (Å²) in [5.41, 5.74) is -0.570. The third kappa shape index (κ3) is 3.32. The number of hydrogen-bond acceptors (Lipinski definition) is 3. The highest BCUT2D eigenvalue weighted by Crippen LogP contribution is 2.06. The van der Waals surface area contributed by atoms with E-state index in [1.165, 1.54) is 17.6 Å². The molecule has 15 heavy (non-hydrogen) atoms. The van der Waals surface area contributed by atoms with Gasteiger partial charge in [-0.05, 0) is 25.5 Å². The largest absolute Gasteiger partial charge is 0.383 e. The van der Waals surface area contributed by atoms with E-state index in [1.54, 1.807) is 6.20 Å². The second-order valence-electron chi connectivity index (χ2n) is 3.96. The normalized spacial score (nSPS) is 14.6. The summed E-state index contributed by atoms with van der Waals surface area (Å²) >= 11 is 0. The van der Waals surface area contributed by atoms with Crippen LogP contribution in [0.1, 0.15) is 18.9 Å². The second kappa shape index (κ2) is 4.40. The van der Waals surface area contributed by atoms with Crippen molar-refractivity contribution < 1.29 is 9.90 Å². The molecule has 0 aliphatic heterocycles. The van der Waals surface area contributed by atoms with E-state index in [0.717, 1.165) is 5.56 Å². The number of aromatic nitrogens is 1. The van der Waals surface area contributed by atoms with Crippen molar-refractivity contribution in [2.45, 2.75) is 32.4 Å². The molecule has 1 N–H and O–H groups in total. The Balaban J connectivity index is 2.74. The molecule has 0 fully saturated rings. The molecule has 0 aliphatic carbocycles. The Labute approximate surface area is 88.2 Å². The molecule has 4 nitrogen and oxygen atoms in total. The van der Waals surface area contributed by atoms with Crippen molar-refractivity contribution in [1.82, 2.24) is 4.57 Å². The maximum absolute atomic E-state index is 11.4. The molecule has 1 aromatic heterocycles. The van der Waals surface area contributed by atoms with Crippen LogP contribution in [-0.4, -0.2) is 21.6 Å². The number of rotatable bonds is 4. The Kier molecular flexibility index (Phi) is 3.42. The van der Waals surface area contributed by atoms with Crippen LogP contribution < -0.4 is 5.56 Å². The zero-order valence-electron chi connectivity index (χ0n) is 8.93. The minimum Gasteiger partial charge on any atom is -0.383 e. The standard InChI is InChI=1S/C11H15NO3/c1-9-3-5-12(10(14)7-9)6-4-11(2,15)8-13/h3,5,7-8,15H,4,6H2,1-2H3. The number of aryl methyl sites for hydroxylation is 2. The van der Waals surface area contributed by atoms with Crippen LogP contribution >= 0.6 is 0 Å². The highest BCUT2D eigenvalue weighted by atomic mass is 16.3. The Morgan fingerprint density at radius 1 is 1.60 bits per heavy atom. The predicted octanol–water partition coefficient (Wildman–Crippen LogP) is 0.497. The summed E-state index contributed by atoms with van der Waals surface area (Å²) in [5, 5.41) is 9.45. The van der Waals surface area contributed by atoms with E-state index in [9.17, 15) is 14.7 Å². The van der Waals surface area contributed by atoms with Crippen LogP contribution in [0, 0.1) is 6.92 Å². The first kappa shape index (κ1) is 11.7. The van der Waals surface area contributed by atoms with Gasteiger partial charge in [-0.1, -0.05) is 0 Å². The molecule has 0 saturated heterocycles. The summed E-state index contributed by atoms with van der Waals surface area (Å²) in [6.07, 6.45) is 2.39. The monoisotopic (exact) mass is 209 g/mol. The molecular formula is C11H15NO3. The van der Waals surface area contributed by atoms with Crippen LogP contribution in [0.2, 0.25) is 0 Å². The Morgan fingerprint density at radius 3 is 2.80 bits per heavy atom. The summed E-state index contributed by atoms with van der Waals surface area (Å²) < 4.78 is 1.48. The molecule has 0 radical (unpaired) electrons. The van der Waals surface area contributed by atoms with Crippen molar-refractivity contribution in [1.29, 1.82) is 0 Å². The molecule has 0 aromatic carbocycles. The van der Waals surface area contributed by atoms with Gasteiger partial charge >= 0.3 is 0 Å². The summed E-state index contributed by atoms with van der Waals surface area (Å²) in [6.45, 7) is 3.61. The first-order valence-corrected chi connectivity index (χ1v) is 4.80. The molecule has 1 heterocycles. The molecule has 1 rings (SSSR count). The van der Waals surface area contributed by atoms with Gasteiger partial charge in [0.05, 0.1) is 0 Å². The zero-order valence-corrected chi connectivity index (χ0v) is 8.93. The van der Waals surface area contributed by atoms with Gasteiger partial charge in [-0.2, -0.15) is 0 Å². The van der Waals surface area contributed by atoms with Crippen LogP contribution in [0.3, 0.4) is 0 Å². The third-order valence-corrected chi connectivity index (χ3v) is 2.26. The maximum atomic E-state index is 11.4. The average molecular weight is 209 g/mol. The van der Waals surface area contributed by atoms with Crippen LogP contribution in [0.4, 0.5) is 0 Å². The second-order valence-corrected chi connectivity index (χ2v) is 3.96. The first-order chi connectivity index (χ1) is 6.94. The van der Waals surface area contributed by atoms with E-state index in [0.29, 0.717) is 12.8 Å². The molecule has 1 atom stereocenters. The number of pyridine rings is 1. The van der Waals surface area contributed by atoms with Crippen molar-refractivity contribution >= 4 is 6.29 Å². The molecule has 82 valence electrons. The minimum atomic E-state index is -1.36. The zero-order chi connectivity index (χ0) is 11.5. The van der Waals surface area contributed by atoms with Crippen molar-refractivity contribution in [3.05, 3.63) is 34.2 Å². The van der Waals surface area contributed by atoms with Crippen LogP contribution in [-0.2, 0) is 11.3 Å². The molecule has 0 bridgehead atoms. The molecule has 0 spiro atoms. The molecule has 0 amide bonds. The van der Waals surface area contributed by atoms with Gasteiger partial charge < -0.3 is 14.5 Å². The SMILES string of the molecule is Cc1ccn(CCC(C)(O)C=O)c(=O)c1. The van der Waals surface area contributed by atoms with Gasteiger partial charge in [0.2, 0.25) is 0 Å². The molecule has 1 aromatic rings. The highest BCUT2D eigenvalue weighted by Gasteiger charge is 2.18. The van der Waals surface area contributed by atoms with Gasteiger partial charge in [0.15, 0.2) is 6.29 Å². The smallest absolute Gasteiger partial charge is 0.250 e. The topological polar surface area (TPSA) is 59.3 Å². The number of hydrogen-bond donors (Lipinski definition) is 1. The van der Waals surface area contributed by atoms with E-state index < -0.39 is 5.60 Å². The van der Waals surface area contributed by atoms with Gasteiger partial charge in [-0.25, -0.2) is 0 Å². The number of nitrogens with zero attached hydrogens (tertiary/aromatic N) is 1. The van der Waals surface area contributed by atoms with Crippen molar-refractivity contribution in [2.24, 2.45) is 0 Å². The van der Waals surface area contributed by atoms with Crippen LogP contribution in [0.25, 0.3) is 0 Å². The minimum absolute atomic E-state index is 0.114. The first-order valence-electron chi connectivity index (χ1n) is 4.80. The van der Waals surface area contributed by atoms with Crippen molar-refractivity contribution in [3.8, 4) is 0 Å². The highest BCUT2D eigenvalue weighted by molar-refractivity contribution is 5.60. The van der Waals surface area contributed by atoms with E-state index in [2.05, 4.69) is 0 Å². The van der Waals surface area contributed by atoms with E-state index >= 15 is 0 Å². The van der Waals surface area contributed by atoms with Crippen LogP contribution in [0.5, 0.6) is 0 Å². The molecular weight excluding hydrogens is 194 g/mol. The summed E-state index contributed by atoms with van der Waals surface area (Å²) in [5.74, 6) is 0. The third-order valence-electron chi connectivity index (χ3n) is 2.26. The molecule has 1 unspecified atom stereocenters. The number of aliphatic hydroxyl groups is 1. The van der Waals surface area contributed by atoms with Crippen molar-refractivity contribution in [2.75, 3.05) is 0 Å². The molecule has 0 aliphatic rings. The maximum Gasteiger partial charge on any atom is 0.250 e. The van der Waals surface area contributed by atoms with Crippen molar-refractivity contribution in [3.63, 3.8) is 0 Å². The van der Waals surface area contributed by atoms with Gasteiger partial charge in [0.25, 0.3) is 5.56 Å². The number of aldehydes is 1. The fourth-order valence-electron chi connectivity index (χ4n) is 1.20. The van der Waals surface area contributed by atoms with E-state index in [-0.39, 0.29) is 12.0 Å². The fraction of sp³-hybridized carbons (Fsp3) is 0.455. The fourth-order valence-corrected chi connectivity index (χ4v) is 1.20. The lowest BCUT2D eigenvalue weighted by Gasteiger charge is -2.15. The summed E-state index contributed by atoms with van der Waals surface area (Å²) in [7, 11) is 0. The number of carbonyl (C=O) groups is 1. The Bertz CT molecular complexity index is 407. The quantitative estimate of drug-likeness (QED) is 0.734. The number of carbonyl (C=O) groups excluding carboxylic acids is 1.